The fourth-order valence-electron chi connectivity index (χ4n) is 2.85. The minimum Gasteiger partial charge on any atom is -0.354 e. The molecule has 2 heterocycles. The lowest BCUT2D eigenvalue weighted by atomic mass is 10.2. The molecule has 0 saturated carbocycles. The number of nitrogens with zero attached hydrogens (tertiary/aromatic N) is 4. The summed E-state index contributed by atoms with van der Waals surface area (Å²) in [6.07, 6.45) is 2.36. The van der Waals surface area contributed by atoms with E-state index in [2.05, 4.69) is 55.6 Å². The van der Waals surface area contributed by atoms with Crippen LogP contribution in [0.2, 0.25) is 0 Å². The molecule has 2 rings (SSSR count). The first-order valence-corrected chi connectivity index (χ1v) is 9.59. The SMILES string of the molecule is CCC(CC)S/C=N/c1nc(N2CCN(C)CC2)c(C)cc1C. The summed E-state index contributed by atoms with van der Waals surface area (Å²) in [6, 6.07) is 2.22. The van der Waals surface area contributed by atoms with Crippen LogP contribution in [-0.4, -0.2) is 53.9 Å². The monoisotopic (exact) mass is 334 g/mol. The maximum absolute atomic E-state index is 4.87. The Morgan fingerprint density at radius 1 is 1.17 bits per heavy atom. The molecule has 0 aromatic carbocycles. The average molecular weight is 335 g/mol. The van der Waals surface area contributed by atoms with Crippen molar-refractivity contribution in [2.45, 2.75) is 45.8 Å². The lowest BCUT2D eigenvalue weighted by Gasteiger charge is -2.34. The Morgan fingerprint density at radius 2 is 1.83 bits per heavy atom. The van der Waals surface area contributed by atoms with Gasteiger partial charge >= 0.3 is 0 Å². The number of pyridine rings is 1. The van der Waals surface area contributed by atoms with E-state index in [1.165, 1.54) is 18.4 Å². The van der Waals surface area contributed by atoms with Crippen LogP contribution in [0.3, 0.4) is 0 Å². The van der Waals surface area contributed by atoms with Crippen molar-refractivity contribution in [2.75, 3.05) is 38.1 Å². The van der Waals surface area contributed by atoms with E-state index < -0.39 is 0 Å². The molecule has 128 valence electrons. The molecule has 0 bridgehead atoms. The number of likely N-dealkylation sites (N-methyl/N-ethyl adjacent to an activating group) is 1. The van der Waals surface area contributed by atoms with Gasteiger partial charge in [0, 0.05) is 31.4 Å². The smallest absolute Gasteiger partial charge is 0.157 e. The van der Waals surface area contributed by atoms with E-state index in [0.29, 0.717) is 5.25 Å². The number of aliphatic imine (C=N–C) groups is 1. The number of hydrogen-bond donors (Lipinski definition) is 0. The first-order chi connectivity index (χ1) is 11.0. The highest BCUT2D eigenvalue weighted by atomic mass is 32.2. The van der Waals surface area contributed by atoms with Crippen molar-refractivity contribution in [1.82, 2.24) is 9.88 Å². The molecule has 1 aromatic rings. The Hall–Kier alpha value is -1.07. The van der Waals surface area contributed by atoms with Crippen LogP contribution < -0.4 is 4.90 Å². The lowest BCUT2D eigenvalue weighted by Crippen LogP contribution is -2.45. The zero-order valence-electron chi connectivity index (χ0n) is 15.2. The van der Waals surface area contributed by atoms with Crippen LogP contribution in [0.25, 0.3) is 0 Å². The molecule has 0 unspecified atom stereocenters. The molecule has 1 aromatic heterocycles. The Labute approximate surface area is 145 Å². The van der Waals surface area contributed by atoms with Gasteiger partial charge in [0.15, 0.2) is 5.82 Å². The second-order valence-corrected chi connectivity index (χ2v) is 7.52. The molecule has 23 heavy (non-hydrogen) atoms. The maximum Gasteiger partial charge on any atom is 0.157 e. The predicted octanol–water partition coefficient (Wildman–Crippen LogP) is 4.03. The van der Waals surface area contributed by atoms with Gasteiger partial charge in [-0.3, -0.25) is 0 Å². The highest BCUT2D eigenvalue weighted by molar-refractivity contribution is 8.12. The van der Waals surface area contributed by atoms with Gasteiger partial charge in [-0.2, -0.15) is 0 Å². The number of piperazine rings is 1. The Kier molecular flexibility index (Phi) is 6.90. The number of anilines is 1. The average Bonchev–Trinajstić information content (AvgIpc) is 2.54. The molecular formula is C18H30N4S. The molecular weight excluding hydrogens is 304 g/mol. The Bertz CT molecular complexity index is 532. The number of aromatic nitrogens is 1. The van der Waals surface area contributed by atoms with Crippen molar-refractivity contribution in [3.8, 4) is 0 Å². The van der Waals surface area contributed by atoms with E-state index in [1.54, 1.807) is 0 Å². The van der Waals surface area contributed by atoms with E-state index in [4.69, 9.17) is 4.98 Å². The number of hydrogen-bond acceptors (Lipinski definition) is 5. The molecule has 0 atom stereocenters. The standard InChI is InChI=1S/C18H30N4S/c1-6-16(7-2)23-13-19-17-14(3)12-15(4)18(20-17)22-10-8-21(5)9-11-22/h12-13,16H,6-11H2,1-5H3/b19-13+. The highest BCUT2D eigenvalue weighted by Crippen LogP contribution is 2.26. The van der Waals surface area contributed by atoms with Crippen LogP contribution in [0.1, 0.15) is 37.8 Å². The lowest BCUT2D eigenvalue weighted by molar-refractivity contribution is 0.312. The Morgan fingerprint density at radius 3 is 2.43 bits per heavy atom. The molecule has 0 amide bonds. The van der Waals surface area contributed by atoms with Crippen molar-refractivity contribution in [2.24, 2.45) is 4.99 Å². The van der Waals surface area contributed by atoms with Crippen molar-refractivity contribution < 1.29 is 0 Å². The zero-order chi connectivity index (χ0) is 16.8. The van der Waals surface area contributed by atoms with Gasteiger partial charge in [0.05, 0.1) is 5.55 Å². The third kappa shape index (κ3) is 4.95. The largest absolute Gasteiger partial charge is 0.354 e. The van der Waals surface area contributed by atoms with Gasteiger partial charge in [-0.25, -0.2) is 9.98 Å². The van der Waals surface area contributed by atoms with Crippen LogP contribution in [0.15, 0.2) is 11.1 Å². The van der Waals surface area contributed by atoms with Gasteiger partial charge in [-0.15, -0.1) is 11.8 Å². The summed E-state index contributed by atoms with van der Waals surface area (Å²) in [6.45, 7) is 13.0. The van der Waals surface area contributed by atoms with E-state index in [9.17, 15) is 0 Å². The van der Waals surface area contributed by atoms with E-state index in [-0.39, 0.29) is 0 Å². The first-order valence-electron chi connectivity index (χ1n) is 8.64. The van der Waals surface area contributed by atoms with Crippen molar-refractivity contribution in [3.05, 3.63) is 17.2 Å². The summed E-state index contributed by atoms with van der Waals surface area (Å²) in [5, 5.41) is 0.654. The molecule has 0 radical (unpaired) electrons. The number of aryl methyl sites for hydroxylation is 2. The maximum atomic E-state index is 4.87. The molecule has 0 aliphatic carbocycles. The van der Waals surface area contributed by atoms with Crippen LogP contribution in [0.5, 0.6) is 0 Å². The fourth-order valence-corrected chi connectivity index (χ4v) is 3.56. The van der Waals surface area contributed by atoms with Crippen molar-refractivity contribution in [1.29, 1.82) is 0 Å². The van der Waals surface area contributed by atoms with Gasteiger partial charge in [-0.1, -0.05) is 13.8 Å². The van der Waals surface area contributed by atoms with Gasteiger partial charge in [0.25, 0.3) is 0 Å². The van der Waals surface area contributed by atoms with Crippen LogP contribution in [0.4, 0.5) is 11.6 Å². The number of rotatable bonds is 6. The molecule has 0 spiro atoms. The molecule has 1 aliphatic heterocycles. The van der Waals surface area contributed by atoms with Crippen LogP contribution >= 0.6 is 11.8 Å². The second-order valence-electron chi connectivity index (χ2n) is 6.37. The van der Waals surface area contributed by atoms with Crippen LogP contribution in [-0.2, 0) is 0 Å². The molecule has 1 fully saturated rings. The number of thioether (sulfide) groups is 1. The topological polar surface area (TPSA) is 31.7 Å². The second kappa shape index (κ2) is 8.69. The van der Waals surface area contributed by atoms with Gasteiger partial charge < -0.3 is 9.80 Å². The summed E-state index contributed by atoms with van der Waals surface area (Å²) in [4.78, 5) is 14.3. The summed E-state index contributed by atoms with van der Waals surface area (Å²) in [7, 11) is 2.18. The molecule has 1 saturated heterocycles. The van der Waals surface area contributed by atoms with Crippen molar-refractivity contribution >= 4 is 28.9 Å². The quantitative estimate of drug-likeness (QED) is 0.581. The van der Waals surface area contributed by atoms with E-state index in [1.807, 2.05) is 17.3 Å². The summed E-state index contributed by atoms with van der Waals surface area (Å²) >= 11 is 1.82. The third-order valence-corrected chi connectivity index (χ3v) is 5.77. The van der Waals surface area contributed by atoms with Crippen molar-refractivity contribution in [3.63, 3.8) is 0 Å². The van der Waals surface area contributed by atoms with Gasteiger partial charge in [0.1, 0.15) is 5.82 Å². The predicted molar refractivity (Wildman–Crippen MR) is 104 cm³/mol. The minimum atomic E-state index is 0.654. The highest BCUT2D eigenvalue weighted by Gasteiger charge is 2.18. The van der Waals surface area contributed by atoms with Gasteiger partial charge in [-0.05, 0) is 50.9 Å². The van der Waals surface area contributed by atoms with Crippen LogP contribution in [0, 0.1) is 13.8 Å². The molecule has 0 N–H and O–H groups in total. The van der Waals surface area contributed by atoms with Gasteiger partial charge in [0.2, 0.25) is 0 Å². The fraction of sp³-hybridized carbons (Fsp3) is 0.667. The first kappa shape index (κ1) is 18.3. The summed E-state index contributed by atoms with van der Waals surface area (Å²) in [5.74, 6) is 1.96. The molecule has 1 aliphatic rings. The summed E-state index contributed by atoms with van der Waals surface area (Å²) in [5.41, 5.74) is 4.39. The van der Waals surface area contributed by atoms with E-state index in [0.717, 1.165) is 43.4 Å². The Balaban J connectivity index is 2.14. The molecule has 4 nitrogen and oxygen atoms in total. The summed E-state index contributed by atoms with van der Waals surface area (Å²) < 4.78 is 0. The normalized spacial score (nSPS) is 16.7. The zero-order valence-corrected chi connectivity index (χ0v) is 16.0. The van der Waals surface area contributed by atoms with E-state index >= 15 is 0 Å². The third-order valence-electron chi connectivity index (χ3n) is 4.49. The molecule has 5 heteroatoms. The minimum absolute atomic E-state index is 0.654.